The van der Waals surface area contributed by atoms with Crippen LogP contribution in [0.3, 0.4) is 0 Å². The Morgan fingerprint density at radius 2 is 1.86 bits per heavy atom. The van der Waals surface area contributed by atoms with E-state index in [1.165, 1.54) is 0 Å². The summed E-state index contributed by atoms with van der Waals surface area (Å²) in [5.74, 6) is 0.732. The number of fused-ring (bicyclic) bond motifs is 1. The molecular formula is C21H15Cl2N3O2. The van der Waals surface area contributed by atoms with Crippen molar-refractivity contribution in [1.82, 2.24) is 4.98 Å². The second-order valence-electron chi connectivity index (χ2n) is 5.95. The molecule has 0 bridgehead atoms. The number of aromatic nitrogens is 1. The highest BCUT2D eigenvalue weighted by Crippen LogP contribution is 2.23. The molecule has 7 heteroatoms. The maximum Gasteiger partial charge on any atom is 0.316 e. The molecule has 0 aliphatic heterocycles. The second-order valence-corrected chi connectivity index (χ2v) is 6.79. The van der Waals surface area contributed by atoms with Gasteiger partial charge in [0.25, 0.3) is 0 Å². The number of anilines is 1. The first-order chi connectivity index (χ1) is 13.7. The normalized spacial score (nSPS) is 11.2. The minimum absolute atomic E-state index is 0.345. The Morgan fingerprint density at radius 1 is 1.04 bits per heavy atom. The summed E-state index contributed by atoms with van der Waals surface area (Å²) in [7, 11) is 0. The van der Waals surface area contributed by atoms with Gasteiger partial charge in [0.2, 0.25) is 0 Å². The number of nitrogens with zero attached hydrogens (tertiary/aromatic N) is 2. The number of hydrazone groups is 1. The van der Waals surface area contributed by atoms with E-state index in [-0.39, 0.29) is 0 Å². The third-order valence-corrected chi connectivity index (χ3v) is 4.54. The van der Waals surface area contributed by atoms with Gasteiger partial charge in [-0.25, -0.2) is 5.43 Å². The number of hydrogen-bond acceptors (Lipinski definition) is 5. The largest absolute Gasteiger partial charge is 0.489 e. The minimum Gasteiger partial charge on any atom is -0.489 e. The van der Waals surface area contributed by atoms with E-state index >= 15 is 0 Å². The second kappa shape index (κ2) is 8.33. The Bertz CT molecular complexity index is 1090. The lowest BCUT2D eigenvalue weighted by Crippen LogP contribution is -1.96. The van der Waals surface area contributed by atoms with Crippen LogP contribution >= 0.6 is 23.2 Å². The Hall–Kier alpha value is -3.02. The van der Waals surface area contributed by atoms with Gasteiger partial charge in [-0.3, -0.25) is 0 Å². The highest BCUT2D eigenvalue weighted by atomic mass is 35.5. The summed E-state index contributed by atoms with van der Waals surface area (Å²) >= 11 is 12.1. The van der Waals surface area contributed by atoms with Crippen LogP contribution in [0.25, 0.3) is 11.1 Å². The SMILES string of the molecule is Clc1ccc(COc2ccc(/C=N\Nc3nc4ccccc4o3)cc2)c(Cl)c1. The van der Waals surface area contributed by atoms with Crippen molar-refractivity contribution in [3.05, 3.63) is 87.9 Å². The summed E-state index contributed by atoms with van der Waals surface area (Å²) in [6, 6.07) is 20.7. The maximum atomic E-state index is 6.15. The standard InChI is InChI=1S/C21H15Cl2N3O2/c22-16-8-7-15(18(23)11-16)13-27-17-9-5-14(6-10-17)12-24-26-21-25-19-3-1-2-4-20(19)28-21/h1-12H,13H2,(H,25,26)/b24-12-. The van der Waals surface area contributed by atoms with E-state index in [4.69, 9.17) is 32.4 Å². The molecule has 3 aromatic carbocycles. The van der Waals surface area contributed by atoms with Gasteiger partial charge in [0.15, 0.2) is 5.58 Å². The molecule has 28 heavy (non-hydrogen) atoms. The minimum atomic E-state index is 0.345. The molecule has 0 spiro atoms. The van der Waals surface area contributed by atoms with Crippen LogP contribution in [0, 0.1) is 0 Å². The van der Waals surface area contributed by atoms with Crippen molar-refractivity contribution in [3.8, 4) is 5.75 Å². The number of nitrogens with one attached hydrogen (secondary N) is 1. The molecular weight excluding hydrogens is 397 g/mol. The number of hydrogen-bond donors (Lipinski definition) is 1. The molecule has 0 aliphatic rings. The van der Waals surface area contributed by atoms with Crippen LogP contribution in [0.15, 0.2) is 76.2 Å². The van der Waals surface area contributed by atoms with Crippen molar-refractivity contribution in [2.75, 3.05) is 5.43 Å². The molecule has 4 rings (SSSR count). The monoisotopic (exact) mass is 411 g/mol. The molecule has 0 saturated carbocycles. The molecule has 1 aromatic heterocycles. The van der Waals surface area contributed by atoms with Crippen molar-refractivity contribution in [1.29, 1.82) is 0 Å². The van der Waals surface area contributed by atoms with Crippen molar-refractivity contribution < 1.29 is 9.15 Å². The summed E-state index contributed by atoms with van der Waals surface area (Å²) in [4.78, 5) is 4.29. The predicted molar refractivity (Wildman–Crippen MR) is 112 cm³/mol. The molecule has 0 saturated heterocycles. The molecule has 0 aliphatic carbocycles. The van der Waals surface area contributed by atoms with Gasteiger partial charge in [-0.05, 0) is 54.1 Å². The molecule has 140 valence electrons. The zero-order valence-corrected chi connectivity index (χ0v) is 16.1. The summed E-state index contributed by atoms with van der Waals surface area (Å²) < 4.78 is 11.3. The molecule has 5 nitrogen and oxygen atoms in total. The van der Waals surface area contributed by atoms with E-state index in [1.807, 2.05) is 54.6 Å². The van der Waals surface area contributed by atoms with E-state index in [0.717, 1.165) is 22.4 Å². The fourth-order valence-corrected chi connectivity index (χ4v) is 3.00. The van der Waals surface area contributed by atoms with Crippen LogP contribution in [0.2, 0.25) is 10.0 Å². The number of benzene rings is 3. The first kappa shape index (κ1) is 18.3. The number of para-hydroxylation sites is 2. The van der Waals surface area contributed by atoms with Crippen molar-refractivity contribution >= 4 is 46.5 Å². The van der Waals surface area contributed by atoms with Gasteiger partial charge < -0.3 is 9.15 Å². The molecule has 4 aromatic rings. The molecule has 0 atom stereocenters. The van der Waals surface area contributed by atoms with Gasteiger partial charge in [-0.2, -0.15) is 10.1 Å². The highest BCUT2D eigenvalue weighted by Gasteiger charge is 2.04. The number of ether oxygens (including phenoxy) is 1. The first-order valence-electron chi connectivity index (χ1n) is 8.49. The van der Waals surface area contributed by atoms with Crippen LogP contribution in [0.5, 0.6) is 5.75 Å². The summed E-state index contributed by atoms with van der Waals surface area (Å²) in [5, 5.41) is 5.33. The molecule has 0 radical (unpaired) electrons. The molecule has 1 heterocycles. The van der Waals surface area contributed by atoms with Crippen molar-refractivity contribution in [2.24, 2.45) is 5.10 Å². The fraction of sp³-hybridized carbons (Fsp3) is 0.0476. The van der Waals surface area contributed by atoms with Gasteiger partial charge in [-0.15, -0.1) is 0 Å². The van der Waals surface area contributed by atoms with Crippen LogP contribution in [0.4, 0.5) is 6.01 Å². The molecule has 0 fully saturated rings. The summed E-state index contributed by atoms with van der Waals surface area (Å²) in [6.45, 7) is 0.364. The Balaban J connectivity index is 1.34. The number of oxazole rings is 1. The quantitative estimate of drug-likeness (QED) is 0.304. The molecule has 0 unspecified atom stereocenters. The van der Waals surface area contributed by atoms with Crippen LogP contribution in [0.1, 0.15) is 11.1 Å². The average Bonchev–Trinajstić information content (AvgIpc) is 3.11. The van der Waals surface area contributed by atoms with Gasteiger partial charge in [0, 0.05) is 15.6 Å². The van der Waals surface area contributed by atoms with E-state index in [1.54, 1.807) is 18.3 Å². The van der Waals surface area contributed by atoms with Crippen LogP contribution in [-0.4, -0.2) is 11.2 Å². The highest BCUT2D eigenvalue weighted by molar-refractivity contribution is 6.35. The topological polar surface area (TPSA) is 59.6 Å². The van der Waals surface area contributed by atoms with Crippen LogP contribution in [-0.2, 0) is 6.61 Å². The maximum absolute atomic E-state index is 6.15. The Morgan fingerprint density at radius 3 is 2.64 bits per heavy atom. The Kier molecular flexibility index (Phi) is 5.46. The predicted octanol–water partition coefficient (Wildman–Crippen LogP) is 6.16. The van der Waals surface area contributed by atoms with E-state index in [2.05, 4.69) is 15.5 Å². The lowest BCUT2D eigenvalue weighted by atomic mass is 10.2. The zero-order chi connectivity index (χ0) is 19.3. The number of rotatable bonds is 6. The number of halogens is 2. The zero-order valence-electron chi connectivity index (χ0n) is 14.6. The van der Waals surface area contributed by atoms with E-state index in [9.17, 15) is 0 Å². The smallest absolute Gasteiger partial charge is 0.316 e. The molecule has 1 N–H and O–H groups in total. The summed E-state index contributed by atoms with van der Waals surface area (Å²) in [5.41, 5.74) is 6.06. The van der Waals surface area contributed by atoms with E-state index < -0.39 is 0 Å². The van der Waals surface area contributed by atoms with Crippen molar-refractivity contribution in [2.45, 2.75) is 6.61 Å². The lowest BCUT2D eigenvalue weighted by molar-refractivity contribution is 0.306. The lowest BCUT2D eigenvalue weighted by Gasteiger charge is -2.08. The first-order valence-corrected chi connectivity index (χ1v) is 9.24. The summed E-state index contributed by atoms with van der Waals surface area (Å²) in [6.07, 6.45) is 1.68. The van der Waals surface area contributed by atoms with Gasteiger partial charge in [0.05, 0.1) is 6.21 Å². The van der Waals surface area contributed by atoms with Crippen LogP contribution < -0.4 is 10.2 Å². The average molecular weight is 412 g/mol. The fourth-order valence-electron chi connectivity index (χ4n) is 2.53. The van der Waals surface area contributed by atoms with Crippen molar-refractivity contribution in [3.63, 3.8) is 0 Å². The third-order valence-electron chi connectivity index (χ3n) is 3.96. The van der Waals surface area contributed by atoms with E-state index in [0.29, 0.717) is 28.2 Å². The molecule has 0 amide bonds. The Labute approximate surface area is 171 Å². The van der Waals surface area contributed by atoms with Gasteiger partial charge in [-0.1, -0.05) is 41.4 Å². The van der Waals surface area contributed by atoms with Gasteiger partial charge in [0.1, 0.15) is 17.9 Å². The van der Waals surface area contributed by atoms with Gasteiger partial charge >= 0.3 is 6.01 Å². The third kappa shape index (κ3) is 4.44.